The van der Waals surface area contributed by atoms with Crippen LogP contribution < -0.4 is 5.73 Å². The van der Waals surface area contributed by atoms with Gasteiger partial charge in [-0.1, -0.05) is 0 Å². The van der Waals surface area contributed by atoms with Gasteiger partial charge in [0.05, 0.1) is 13.2 Å². The molecule has 0 amide bonds. The van der Waals surface area contributed by atoms with Crippen molar-refractivity contribution >= 4 is 0 Å². The van der Waals surface area contributed by atoms with E-state index in [0.29, 0.717) is 0 Å². The van der Waals surface area contributed by atoms with Gasteiger partial charge in [-0.3, -0.25) is 4.90 Å². The van der Waals surface area contributed by atoms with E-state index in [0.717, 1.165) is 52.4 Å². The van der Waals surface area contributed by atoms with E-state index in [1.54, 1.807) is 0 Å². The molecule has 1 unspecified atom stereocenters. The molecule has 4 heteroatoms. The third-order valence-electron chi connectivity index (χ3n) is 2.84. The van der Waals surface area contributed by atoms with Gasteiger partial charge in [-0.25, -0.2) is 0 Å². The van der Waals surface area contributed by atoms with E-state index in [4.69, 9.17) is 15.2 Å². The molecule has 2 fully saturated rings. The standard InChI is InChI=1S/C9H18N2O2/c10-2-3-11-4-6-13-9(7-11)1-5-12-8-9/h1-8,10H2. The highest BCUT2D eigenvalue weighted by Gasteiger charge is 2.39. The third-order valence-corrected chi connectivity index (χ3v) is 2.84. The monoisotopic (exact) mass is 186 g/mol. The Kier molecular flexibility index (Phi) is 2.83. The summed E-state index contributed by atoms with van der Waals surface area (Å²) in [6.07, 6.45) is 1.04. The van der Waals surface area contributed by atoms with E-state index in [1.165, 1.54) is 0 Å². The normalized spacial score (nSPS) is 35.8. The molecule has 4 nitrogen and oxygen atoms in total. The van der Waals surface area contributed by atoms with Crippen LogP contribution in [-0.4, -0.2) is 56.5 Å². The molecule has 2 saturated heterocycles. The van der Waals surface area contributed by atoms with Gasteiger partial charge in [0.15, 0.2) is 0 Å². The first-order valence-corrected chi connectivity index (χ1v) is 4.99. The van der Waals surface area contributed by atoms with Gasteiger partial charge in [0.25, 0.3) is 0 Å². The summed E-state index contributed by atoms with van der Waals surface area (Å²) in [6.45, 7) is 6.14. The highest BCUT2D eigenvalue weighted by molar-refractivity contribution is 4.91. The molecule has 0 radical (unpaired) electrons. The maximum atomic E-state index is 5.80. The number of ether oxygens (including phenoxy) is 2. The molecule has 2 aliphatic rings. The molecule has 2 rings (SSSR count). The number of morpholine rings is 1. The third kappa shape index (κ3) is 2.02. The molecule has 0 aromatic carbocycles. The Bertz CT molecular complexity index is 167. The van der Waals surface area contributed by atoms with Gasteiger partial charge in [0, 0.05) is 39.2 Å². The average molecular weight is 186 g/mol. The Morgan fingerprint density at radius 1 is 1.38 bits per heavy atom. The van der Waals surface area contributed by atoms with E-state index in [1.807, 2.05) is 0 Å². The van der Waals surface area contributed by atoms with Gasteiger partial charge < -0.3 is 15.2 Å². The number of hydrogen-bond acceptors (Lipinski definition) is 4. The maximum absolute atomic E-state index is 5.80. The van der Waals surface area contributed by atoms with Crippen LogP contribution in [0, 0.1) is 0 Å². The summed E-state index contributed by atoms with van der Waals surface area (Å²) in [4.78, 5) is 2.37. The summed E-state index contributed by atoms with van der Waals surface area (Å²) >= 11 is 0. The molecule has 13 heavy (non-hydrogen) atoms. The van der Waals surface area contributed by atoms with Crippen LogP contribution in [0.4, 0.5) is 0 Å². The van der Waals surface area contributed by atoms with Gasteiger partial charge in [-0.15, -0.1) is 0 Å². The SMILES string of the molecule is NCCN1CCOC2(CCOC2)C1. The van der Waals surface area contributed by atoms with Crippen molar-refractivity contribution < 1.29 is 9.47 Å². The van der Waals surface area contributed by atoms with E-state index in [9.17, 15) is 0 Å². The first-order valence-electron chi connectivity index (χ1n) is 4.99. The molecule has 0 aliphatic carbocycles. The van der Waals surface area contributed by atoms with Crippen LogP contribution in [0.25, 0.3) is 0 Å². The quantitative estimate of drug-likeness (QED) is 0.628. The summed E-state index contributed by atoms with van der Waals surface area (Å²) in [5.74, 6) is 0. The van der Waals surface area contributed by atoms with Crippen molar-refractivity contribution in [3.05, 3.63) is 0 Å². The van der Waals surface area contributed by atoms with Crippen molar-refractivity contribution in [3.63, 3.8) is 0 Å². The summed E-state index contributed by atoms with van der Waals surface area (Å²) in [7, 11) is 0. The van der Waals surface area contributed by atoms with Crippen LogP contribution in [0.15, 0.2) is 0 Å². The lowest BCUT2D eigenvalue weighted by Crippen LogP contribution is -2.53. The van der Waals surface area contributed by atoms with Crippen LogP contribution in [-0.2, 0) is 9.47 Å². The number of hydrogen-bond donors (Lipinski definition) is 1. The van der Waals surface area contributed by atoms with Crippen molar-refractivity contribution in [3.8, 4) is 0 Å². The van der Waals surface area contributed by atoms with E-state index >= 15 is 0 Å². The molecular formula is C9H18N2O2. The van der Waals surface area contributed by atoms with Crippen molar-refractivity contribution in [1.29, 1.82) is 0 Å². The molecule has 2 heterocycles. The minimum atomic E-state index is -0.00653. The van der Waals surface area contributed by atoms with Crippen molar-refractivity contribution in [1.82, 2.24) is 4.90 Å². The lowest BCUT2D eigenvalue weighted by molar-refractivity contribution is -0.108. The Balaban J connectivity index is 1.90. The van der Waals surface area contributed by atoms with E-state index < -0.39 is 0 Å². The Labute approximate surface area is 79.0 Å². The average Bonchev–Trinajstić information content (AvgIpc) is 2.54. The van der Waals surface area contributed by atoms with Gasteiger partial charge in [-0.2, -0.15) is 0 Å². The summed E-state index contributed by atoms with van der Waals surface area (Å²) in [5, 5.41) is 0. The topological polar surface area (TPSA) is 47.7 Å². The van der Waals surface area contributed by atoms with Crippen molar-refractivity contribution in [2.45, 2.75) is 12.0 Å². The Morgan fingerprint density at radius 2 is 2.31 bits per heavy atom. The summed E-state index contributed by atoms with van der Waals surface area (Å²) in [6, 6.07) is 0. The molecule has 1 spiro atoms. The lowest BCUT2D eigenvalue weighted by Gasteiger charge is -2.39. The second kappa shape index (κ2) is 3.92. The molecular weight excluding hydrogens is 168 g/mol. The van der Waals surface area contributed by atoms with Gasteiger partial charge in [0.1, 0.15) is 5.60 Å². The van der Waals surface area contributed by atoms with Crippen LogP contribution in [0.5, 0.6) is 0 Å². The highest BCUT2D eigenvalue weighted by atomic mass is 16.6. The highest BCUT2D eigenvalue weighted by Crippen LogP contribution is 2.26. The summed E-state index contributed by atoms with van der Waals surface area (Å²) < 4.78 is 11.2. The fourth-order valence-electron chi connectivity index (χ4n) is 2.12. The second-order valence-corrected chi connectivity index (χ2v) is 3.90. The first kappa shape index (κ1) is 9.40. The number of rotatable bonds is 2. The van der Waals surface area contributed by atoms with E-state index in [-0.39, 0.29) is 5.60 Å². The minimum Gasteiger partial charge on any atom is -0.378 e. The Morgan fingerprint density at radius 3 is 3.00 bits per heavy atom. The summed E-state index contributed by atoms with van der Waals surface area (Å²) in [5.41, 5.74) is 5.53. The molecule has 2 N–H and O–H groups in total. The second-order valence-electron chi connectivity index (χ2n) is 3.90. The van der Waals surface area contributed by atoms with Crippen LogP contribution >= 0.6 is 0 Å². The van der Waals surface area contributed by atoms with Gasteiger partial charge in [-0.05, 0) is 0 Å². The number of nitrogens with zero attached hydrogens (tertiary/aromatic N) is 1. The van der Waals surface area contributed by atoms with Crippen LogP contribution in [0.1, 0.15) is 6.42 Å². The zero-order chi connectivity index (χ0) is 9.15. The first-order chi connectivity index (χ1) is 6.35. The molecule has 1 atom stereocenters. The largest absolute Gasteiger partial charge is 0.378 e. The number of nitrogens with two attached hydrogens (primary N) is 1. The predicted octanol–water partition coefficient (Wildman–Crippen LogP) is -0.564. The van der Waals surface area contributed by atoms with Gasteiger partial charge in [0.2, 0.25) is 0 Å². The van der Waals surface area contributed by atoms with Crippen LogP contribution in [0.3, 0.4) is 0 Å². The van der Waals surface area contributed by atoms with Gasteiger partial charge >= 0.3 is 0 Å². The smallest absolute Gasteiger partial charge is 0.106 e. The zero-order valence-corrected chi connectivity index (χ0v) is 8.00. The fraction of sp³-hybridized carbons (Fsp3) is 1.00. The minimum absolute atomic E-state index is 0.00653. The van der Waals surface area contributed by atoms with Crippen LogP contribution in [0.2, 0.25) is 0 Å². The molecule has 0 aromatic rings. The molecule has 0 saturated carbocycles. The maximum Gasteiger partial charge on any atom is 0.106 e. The Hall–Kier alpha value is -0.160. The van der Waals surface area contributed by atoms with E-state index in [2.05, 4.69) is 4.90 Å². The fourth-order valence-corrected chi connectivity index (χ4v) is 2.12. The molecule has 0 bridgehead atoms. The van der Waals surface area contributed by atoms with Crippen molar-refractivity contribution in [2.75, 3.05) is 46.0 Å². The zero-order valence-electron chi connectivity index (χ0n) is 8.00. The molecule has 2 aliphatic heterocycles. The lowest BCUT2D eigenvalue weighted by atomic mass is 10.0. The van der Waals surface area contributed by atoms with Crippen molar-refractivity contribution in [2.24, 2.45) is 5.73 Å². The molecule has 76 valence electrons. The molecule has 0 aromatic heterocycles. The predicted molar refractivity (Wildman–Crippen MR) is 49.6 cm³/mol.